The number of carboxylic acids is 1. The zero-order chi connectivity index (χ0) is 13.3. The maximum absolute atomic E-state index is 11.2. The van der Waals surface area contributed by atoms with Gasteiger partial charge in [-0.05, 0) is 5.75 Å². The lowest BCUT2D eigenvalue weighted by Gasteiger charge is -2.12. The fourth-order valence-electron chi connectivity index (χ4n) is 1.74. The first-order chi connectivity index (χ1) is 8.49. The number of benzene rings is 1. The minimum Gasteiger partial charge on any atom is -0.868 e. The van der Waals surface area contributed by atoms with Gasteiger partial charge in [-0.3, -0.25) is 10.1 Å². The lowest BCUT2D eigenvalue weighted by molar-refractivity contribution is -0.690. The van der Waals surface area contributed by atoms with Crippen molar-refractivity contribution in [1.82, 2.24) is 0 Å². The smallest absolute Gasteiger partial charge is 0.262 e. The molecule has 1 aliphatic rings. The van der Waals surface area contributed by atoms with Gasteiger partial charge in [0.2, 0.25) is 0 Å². The van der Waals surface area contributed by atoms with Crippen molar-refractivity contribution in [2.24, 2.45) is 0 Å². The number of carbonyl (C=O) groups is 1. The highest BCUT2D eigenvalue weighted by atomic mass is 32.2. The molecule has 0 radical (unpaired) electrons. The third kappa shape index (κ3) is 2.39. The number of rotatable bonds is 3. The first kappa shape index (κ1) is 12.7. The number of nitro benzene ring substituents is 1. The summed E-state index contributed by atoms with van der Waals surface area (Å²) in [6.45, 7) is 0. The lowest BCUT2D eigenvalue weighted by Crippen LogP contribution is -2.90. The quantitative estimate of drug-likeness (QED) is 0.505. The van der Waals surface area contributed by atoms with Crippen molar-refractivity contribution in [3.05, 3.63) is 33.9 Å². The minimum absolute atomic E-state index is 0.257. The minimum atomic E-state index is -1.15. The third-order valence-electron chi connectivity index (χ3n) is 2.67. The van der Waals surface area contributed by atoms with Gasteiger partial charge in [-0.15, -0.1) is 0 Å². The molecular formula is C10H9N2O5S-. The molecule has 0 aromatic heterocycles. The van der Waals surface area contributed by atoms with Gasteiger partial charge in [0, 0.05) is 11.6 Å². The third-order valence-corrected chi connectivity index (χ3v) is 4.01. The Morgan fingerprint density at radius 2 is 2.22 bits per heavy atom. The molecule has 96 valence electrons. The molecule has 1 fully saturated rings. The molecule has 0 spiro atoms. The van der Waals surface area contributed by atoms with E-state index < -0.39 is 28.4 Å². The molecule has 0 amide bonds. The Labute approximate surface area is 106 Å². The van der Waals surface area contributed by atoms with Gasteiger partial charge in [-0.2, -0.15) is 0 Å². The van der Waals surface area contributed by atoms with E-state index in [1.165, 1.54) is 23.9 Å². The van der Waals surface area contributed by atoms with E-state index in [1.54, 1.807) is 5.32 Å². The van der Waals surface area contributed by atoms with Crippen LogP contribution in [0.2, 0.25) is 0 Å². The summed E-state index contributed by atoms with van der Waals surface area (Å²) in [5.74, 6) is -1.43. The second-order valence-electron chi connectivity index (χ2n) is 3.86. The van der Waals surface area contributed by atoms with E-state index in [9.17, 15) is 25.1 Å². The number of thioether (sulfide) groups is 1. The monoisotopic (exact) mass is 269 g/mol. The molecule has 1 heterocycles. The van der Waals surface area contributed by atoms with Crippen LogP contribution in [0.25, 0.3) is 0 Å². The molecule has 0 unspecified atom stereocenters. The number of carbonyl (C=O) groups excluding carboxylic acids is 1. The number of nitrogens with two attached hydrogens (primary N) is 1. The molecule has 1 aliphatic heterocycles. The number of carboxylic acid groups (broad SMARTS) is 1. The van der Waals surface area contributed by atoms with Gasteiger partial charge in [0.15, 0.2) is 5.37 Å². The van der Waals surface area contributed by atoms with Crippen molar-refractivity contribution >= 4 is 23.4 Å². The standard InChI is InChI=1S/C10H10N2O5S/c13-8-2-1-5(3-7(8)12(16)17)9-11-6(4-18-9)10(14)15/h1-3,6,9,11,13H,4H2,(H,14,15)/p-1/t6-,9+/m1/s1. The first-order valence-electron chi connectivity index (χ1n) is 5.12. The average molecular weight is 269 g/mol. The van der Waals surface area contributed by atoms with Crippen molar-refractivity contribution in [3.63, 3.8) is 0 Å². The van der Waals surface area contributed by atoms with E-state index in [0.717, 1.165) is 6.07 Å². The number of hydrogen-bond donors (Lipinski definition) is 1. The average Bonchev–Trinajstić information content (AvgIpc) is 2.78. The van der Waals surface area contributed by atoms with Gasteiger partial charge in [-0.25, -0.2) is 0 Å². The molecule has 0 saturated carbocycles. The van der Waals surface area contributed by atoms with Gasteiger partial charge in [-0.1, -0.05) is 23.9 Å². The molecule has 1 saturated heterocycles. The van der Waals surface area contributed by atoms with Crippen LogP contribution in [-0.2, 0) is 4.79 Å². The fourth-order valence-corrected chi connectivity index (χ4v) is 3.04. The van der Waals surface area contributed by atoms with E-state index in [2.05, 4.69) is 0 Å². The van der Waals surface area contributed by atoms with Gasteiger partial charge in [0.1, 0.15) is 12.0 Å². The van der Waals surface area contributed by atoms with E-state index in [4.69, 9.17) is 0 Å². The molecule has 8 heteroatoms. The largest absolute Gasteiger partial charge is 0.868 e. The normalized spacial score (nSPS) is 22.9. The number of nitrogens with zero attached hydrogens (tertiary/aromatic N) is 1. The van der Waals surface area contributed by atoms with Crippen LogP contribution in [0.5, 0.6) is 5.75 Å². The maximum atomic E-state index is 11.2. The number of nitro groups is 1. The Morgan fingerprint density at radius 1 is 1.50 bits per heavy atom. The Kier molecular flexibility index (Phi) is 3.39. The highest BCUT2D eigenvalue weighted by Crippen LogP contribution is 2.32. The molecule has 0 bridgehead atoms. The van der Waals surface area contributed by atoms with Gasteiger partial charge < -0.3 is 20.3 Å². The highest BCUT2D eigenvalue weighted by molar-refractivity contribution is 7.99. The summed E-state index contributed by atoms with van der Waals surface area (Å²) < 4.78 is 0. The van der Waals surface area contributed by atoms with Crippen LogP contribution >= 0.6 is 11.8 Å². The summed E-state index contributed by atoms with van der Waals surface area (Å²) in [6.07, 6.45) is 0. The van der Waals surface area contributed by atoms with E-state index in [0.29, 0.717) is 11.3 Å². The van der Waals surface area contributed by atoms with Crippen LogP contribution in [0.15, 0.2) is 18.2 Å². The Hall–Kier alpha value is -1.80. The summed E-state index contributed by atoms with van der Waals surface area (Å²) in [7, 11) is 0. The van der Waals surface area contributed by atoms with E-state index >= 15 is 0 Å². The zero-order valence-corrected chi connectivity index (χ0v) is 9.88. The number of aliphatic carboxylic acids is 1. The predicted octanol–water partition coefficient (Wildman–Crippen LogP) is -1.90. The predicted molar refractivity (Wildman–Crippen MR) is 58.5 cm³/mol. The molecule has 2 rings (SSSR count). The zero-order valence-electron chi connectivity index (χ0n) is 9.07. The van der Waals surface area contributed by atoms with Crippen LogP contribution in [0.3, 0.4) is 0 Å². The summed E-state index contributed by atoms with van der Waals surface area (Å²) in [6, 6.07) is 3.16. The van der Waals surface area contributed by atoms with E-state index in [1.807, 2.05) is 0 Å². The second kappa shape index (κ2) is 4.83. The number of hydrogen-bond acceptors (Lipinski definition) is 6. The van der Waals surface area contributed by atoms with Gasteiger partial charge in [0.05, 0.1) is 10.7 Å². The van der Waals surface area contributed by atoms with Crippen LogP contribution in [0, 0.1) is 10.1 Å². The Morgan fingerprint density at radius 3 is 2.78 bits per heavy atom. The molecule has 2 N–H and O–H groups in total. The Bertz CT molecular complexity index is 507. The second-order valence-corrected chi connectivity index (χ2v) is 5.03. The first-order valence-corrected chi connectivity index (χ1v) is 6.16. The van der Waals surface area contributed by atoms with Crippen molar-refractivity contribution in [2.75, 3.05) is 5.75 Å². The topological polar surface area (TPSA) is 123 Å². The SMILES string of the molecule is O=C([O-])[C@H]1CS[C@@H](c2ccc([O-])c([N+](=O)[O-])c2)[NH2+]1. The molecule has 0 aliphatic carbocycles. The highest BCUT2D eigenvalue weighted by Gasteiger charge is 2.31. The summed E-state index contributed by atoms with van der Waals surface area (Å²) in [5, 5.41) is 33.9. The molecule has 1 aromatic carbocycles. The molecule has 18 heavy (non-hydrogen) atoms. The molecule has 7 nitrogen and oxygen atoms in total. The van der Waals surface area contributed by atoms with Crippen LogP contribution < -0.4 is 15.5 Å². The molecule has 1 aromatic rings. The maximum Gasteiger partial charge on any atom is 0.262 e. The fraction of sp³-hybridized carbons (Fsp3) is 0.300. The van der Waals surface area contributed by atoms with Gasteiger partial charge >= 0.3 is 0 Å². The lowest BCUT2D eigenvalue weighted by atomic mass is 10.1. The van der Waals surface area contributed by atoms with Crippen LogP contribution in [-0.4, -0.2) is 22.7 Å². The van der Waals surface area contributed by atoms with Crippen molar-refractivity contribution in [1.29, 1.82) is 0 Å². The Balaban J connectivity index is 2.22. The van der Waals surface area contributed by atoms with Gasteiger partial charge in [0.25, 0.3) is 5.69 Å². The number of quaternary nitrogens is 1. The van der Waals surface area contributed by atoms with Crippen molar-refractivity contribution in [2.45, 2.75) is 11.4 Å². The molecular weight excluding hydrogens is 260 g/mol. The van der Waals surface area contributed by atoms with Crippen molar-refractivity contribution < 1.29 is 25.2 Å². The van der Waals surface area contributed by atoms with Crippen molar-refractivity contribution in [3.8, 4) is 5.75 Å². The molecule has 2 atom stereocenters. The summed E-state index contributed by atoms with van der Waals surface area (Å²) >= 11 is 1.36. The van der Waals surface area contributed by atoms with E-state index in [-0.39, 0.29) is 5.37 Å². The summed E-state index contributed by atoms with van der Waals surface area (Å²) in [4.78, 5) is 20.6. The van der Waals surface area contributed by atoms with Crippen LogP contribution in [0.1, 0.15) is 10.9 Å². The van der Waals surface area contributed by atoms with Crippen LogP contribution in [0.4, 0.5) is 5.69 Å². The summed E-state index contributed by atoms with van der Waals surface area (Å²) in [5.41, 5.74) is 0.0773.